The number of aliphatic hydroxyl groups is 3. The molecule has 0 saturated carbocycles. The van der Waals surface area contributed by atoms with E-state index in [0.717, 1.165) is 0 Å². The van der Waals surface area contributed by atoms with E-state index in [-0.39, 0.29) is 0 Å². The van der Waals surface area contributed by atoms with Crippen molar-refractivity contribution in [3.05, 3.63) is 0 Å². The Hall–Kier alpha value is -0.0100. The Balaban J connectivity index is 2.66. The molecule has 72 valence electrons. The highest BCUT2D eigenvalue weighted by Gasteiger charge is 2.40. The summed E-state index contributed by atoms with van der Waals surface area (Å²) in [7, 11) is -4.21. The Morgan fingerprint density at radius 1 is 1.50 bits per heavy atom. The number of hydrogen-bond donors (Lipinski definition) is 4. The van der Waals surface area contributed by atoms with Gasteiger partial charge in [0.15, 0.2) is 6.29 Å². The Morgan fingerprint density at radius 3 is 2.50 bits per heavy atom. The number of hydrogen-bond acceptors (Lipinski definition) is 6. The maximum atomic E-state index is 10.7. The molecule has 0 radical (unpaired) electrons. The molecule has 0 aliphatic carbocycles. The monoisotopic (exact) mass is 200 g/mol. The third kappa shape index (κ3) is 2.24. The smallest absolute Gasteiger partial charge is 0.388 e. The van der Waals surface area contributed by atoms with Crippen LogP contribution in [0.2, 0.25) is 0 Å². The average molecular weight is 200 g/mol. The minimum Gasteiger partial charge on any atom is -0.388 e. The molecule has 1 saturated heterocycles. The van der Waals surface area contributed by atoms with E-state index in [2.05, 4.69) is 9.05 Å². The van der Waals surface area contributed by atoms with Gasteiger partial charge in [0.25, 0.3) is 0 Å². The second-order valence-electron chi connectivity index (χ2n) is 2.32. The summed E-state index contributed by atoms with van der Waals surface area (Å²) in [6, 6.07) is 0. The Kier molecular flexibility index (Phi) is 2.84. The third-order valence-electron chi connectivity index (χ3n) is 1.34. The molecule has 12 heavy (non-hydrogen) atoms. The van der Waals surface area contributed by atoms with Gasteiger partial charge >= 0.3 is 7.82 Å². The maximum absolute atomic E-state index is 10.7. The van der Waals surface area contributed by atoms with Gasteiger partial charge in [0, 0.05) is 0 Å². The summed E-state index contributed by atoms with van der Waals surface area (Å²) in [5.41, 5.74) is 0. The molecule has 3 atom stereocenters. The van der Waals surface area contributed by atoms with Crippen LogP contribution in [0.1, 0.15) is 0 Å². The van der Waals surface area contributed by atoms with Crippen molar-refractivity contribution in [1.29, 1.82) is 0 Å². The van der Waals surface area contributed by atoms with Gasteiger partial charge in [0.2, 0.25) is 0 Å². The highest BCUT2D eigenvalue weighted by molar-refractivity contribution is 7.47. The lowest BCUT2D eigenvalue weighted by Crippen LogP contribution is -2.44. The summed E-state index contributed by atoms with van der Waals surface area (Å²) in [6.07, 6.45) is -4.84. The molecule has 1 heterocycles. The highest BCUT2D eigenvalue weighted by Crippen LogP contribution is 2.48. The van der Waals surface area contributed by atoms with Crippen LogP contribution in [-0.4, -0.2) is 45.3 Å². The summed E-state index contributed by atoms with van der Waals surface area (Å²) >= 11 is 0. The summed E-state index contributed by atoms with van der Waals surface area (Å²) in [4.78, 5) is 8.69. The van der Waals surface area contributed by atoms with E-state index < -0.39 is 32.9 Å². The van der Waals surface area contributed by atoms with Gasteiger partial charge in [0.05, 0.1) is 6.61 Å². The number of phosphoric acid groups is 1. The van der Waals surface area contributed by atoms with Gasteiger partial charge in [-0.15, -0.1) is 0 Å². The number of phosphoric ester groups is 1. The molecule has 0 aromatic carbocycles. The molecule has 1 fully saturated rings. The van der Waals surface area contributed by atoms with Crippen molar-refractivity contribution in [2.24, 2.45) is 0 Å². The first-order valence-electron chi connectivity index (χ1n) is 3.12. The van der Waals surface area contributed by atoms with Crippen molar-refractivity contribution in [2.45, 2.75) is 18.5 Å². The Morgan fingerprint density at radius 2 is 2.08 bits per heavy atom. The standard InChI is InChI=1S/C4H9O7P/c5-2-1-10-12(8,9)11-3(2)4(6)7/h2-7H,1H2,(H,8,9)/t2-,3+/m1/s1. The van der Waals surface area contributed by atoms with Gasteiger partial charge in [-0.2, -0.15) is 0 Å². The van der Waals surface area contributed by atoms with Gasteiger partial charge in [-0.25, -0.2) is 4.57 Å². The Bertz CT molecular complexity index is 204. The van der Waals surface area contributed by atoms with Crippen molar-refractivity contribution in [3.8, 4) is 0 Å². The fraction of sp³-hybridized carbons (Fsp3) is 1.00. The Labute approximate surface area is 67.8 Å². The van der Waals surface area contributed by atoms with Crippen molar-refractivity contribution in [3.63, 3.8) is 0 Å². The molecule has 7 nitrogen and oxygen atoms in total. The van der Waals surface area contributed by atoms with Gasteiger partial charge < -0.3 is 20.2 Å². The van der Waals surface area contributed by atoms with Crippen LogP contribution in [0.5, 0.6) is 0 Å². The molecule has 1 aliphatic rings. The molecule has 4 N–H and O–H groups in total. The topological polar surface area (TPSA) is 116 Å². The molecule has 0 spiro atoms. The summed E-state index contributed by atoms with van der Waals surface area (Å²) in [5, 5.41) is 26.1. The van der Waals surface area contributed by atoms with E-state index in [4.69, 9.17) is 20.2 Å². The maximum Gasteiger partial charge on any atom is 0.472 e. The second kappa shape index (κ2) is 3.39. The zero-order valence-electron chi connectivity index (χ0n) is 5.90. The van der Waals surface area contributed by atoms with Crippen LogP contribution in [0.4, 0.5) is 0 Å². The predicted octanol–water partition coefficient (Wildman–Crippen LogP) is -1.83. The van der Waals surface area contributed by atoms with Crippen molar-refractivity contribution in [1.82, 2.24) is 0 Å². The zero-order valence-corrected chi connectivity index (χ0v) is 6.79. The minimum absolute atomic E-state index is 0.462. The van der Waals surface area contributed by atoms with Gasteiger partial charge in [-0.1, -0.05) is 0 Å². The predicted molar refractivity (Wildman–Crippen MR) is 34.9 cm³/mol. The van der Waals surface area contributed by atoms with E-state index in [9.17, 15) is 4.57 Å². The molecule has 0 aromatic rings. The minimum atomic E-state index is -4.21. The second-order valence-corrected chi connectivity index (χ2v) is 3.72. The van der Waals surface area contributed by atoms with Crippen LogP contribution in [0, 0.1) is 0 Å². The van der Waals surface area contributed by atoms with Crippen molar-refractivity contribution in [2.75, 3.05) is 6.61 Å². The van der Waals surface area contributed by atoms with Gasteiger partial charge in [-0.05, 0) is 0 Å². The summed E-state index contributed by atoms with van der Waals surface area (Å²) in [5.74, 6) is 0. The average Bonchev–Trinajstić information content (AvgIpc) is 1.94. The molecule has 1 unspecified atom stereocenters. The molecule has 0 aromatic heterocycles. The largest absolute Gasteiger partial charge is 0.472 e. The first-order valence-corrected chi connectivity index (χ1v) is 4.62. The van der Waals surface area contributed by atoms with Crippen molar-refractivity contribution >= 4 is 7.82 Å². The van der Waals surface area contributed by atoms with Crippen LogP contribution in [0.25, 0.3) is 0 Å². The normalized spacial score (nSPS) is 43.4. The molecule has 1 aliphatic heterocycles. The van der Waals surface area contributed by atoms with E-state index in [1.54, 1.807) is 0 Å². The summed E-state index contributed by atoms with van der Waals surface area (Å²) in [6.45, 7) is -0.462. The van der Waals surface area contributed by atoms with Crippen LogP contribution < -0.4 is 0 Å². The molecular weight excluding hydrogens is 191 g/mol. The van der Waals surface area contributed by atoms with E-state index in [1.165, 1.54) is 0 Å². The first-order chi connectivity index (χ1) is 5.42. The van der Waals surface area contributed by atoms with E-state index >= 15 is 0 Å². The van der Waals surface area contributed by atoms with E-state index in [0.29, 0.717) is 0 Å². The quantitative estimate of drug-likeness (QED) is 0.290. The zero-order chi connectivity index (χ0) is 9.35. The first kappa shape index (κ1) is 10.1. The lowest BCUT2D eigenvalue weighted by atomic mass is 10.2. The molecule has 0 bridgehead atoms. The van der Waals surface area contributed by atoms with Crippen LogP contribution in [-0.2, 0) is 13.6 Å². The number of aliphatic hydroxyl groups excluding tert-OH is 2. The van der Waals surface area contributed by atoms with Crippen molar-refractivity contribution < 1.29 is 33.8 Å². The van der Waals surface area contributed by atoms with Crippen LogP contribution in [0.15, 0.2) is 0 Å². The third-order valence-corrected chi connectivity index (χ3v) is 2.32. The SMILES string of the molecule is O=P1(O)OC[C@@H](O)[C@@H](C(O)O)O1. The fourth-order valence-corrected chi connectivity index (χ4v) is 1.73. The molecule has 8 heteroatoms. The van der Waals surface area contributed by atoms with Crippen LogP contribution in [0.3, 0.4) is 0 Å². The van der Waals surface area contributed by atoms with E-state index in [1.807, 2.05) is 0 Å². The molecule has 1 rings (SSSR count). The lowest BCUT2D eigenvalue weighted by molar-refractivity contribution is -0.175. The van der Waals surface area contributed by atoms with Gasteiger partial charge in [0.1, 0.15) is 12.2 Å². The molecule has 0 amide bonds. The highest BCUT2D eigenvalue weighted by atomic mass is 31.2. The number of rotatable bonds is 1. The fourth-order valence-electron chi connectivity index (χ4n) is 0.773. The lowest BCUT2D eigenvalue weighted by Gasteiger charge is -2.30. The molecular formula is C4H9O7P. The van der Waals surface area contributed by atoms with Crippen LogP contribution >= 0.6 is 7.82 Å². The van der Waals surface area contributed by atoms with Gasteiger partial charge in [-0.3, -0.25) is 9.05 Å². The summed E-state index contributed by atoms with van der Waals surface area (Å²) < 4.78 is 19.0.